The van der Waals surface area contributed by atoms with Crippen molar-refractivity contribution in [3.8, 4) is 5.69 Å². The molecule has 4 aliphatic rings. The molecule has 2 atom stereocenters. The number of para-hydroxylation sites is 1. The summed E-state index contributed by atoms with van der Waals surface area (Å²) in [5.41, 5.74) is 11.4. The third-order valence-electron chi connectivity index (χ3n) is 8.32. The zero-order valence-electron chi connectivity index (χ0n) is 22.0. The molecule has 3 aromatic carbocycles. The minimum atomic E-state index is -1.17. The molecule has 0 amide bonds. The maximum atomic E-state index is 2.51. The smallest absolute Gasteiger partial charge is 0.0950 e. The molecule has 0 radical (unpaired) electrons. The molecule has 0 saturated heterocycles. The van der Waals surface area contributed by atoms with Gasteiger partial charge >= 0.3 is 118 Å². The van der Waals surface area contributed by atoms with Gasteiger partial charge in [-0.3, -0.25) is 0 Å². The zero-order valence-corrected chi connectivity index (χ0v) is 27.0. The van der Waals surface area contributed by atoms with Crippen LogP contribution in [0.4, 0.5) is 0 Å². The number of halogens is 2. The number of rotatable bonds is 2. The number of fused-ring (bicyclic) bond motifs is 3. The van der Waals surface area contributed by atoms with Crippen LogP contribution in [0.1, 0.15) is 52.3 Å². The van der Waals surface area contributed by atoms with Gasteiger partial charge in [0, 0.05) is 23.1 Å². The van der Waals surface area contributed by atoms with Crippen LogP contribution in [-0.2, 0) is 24.7 Å². The van der Waals surface area contributed by atoms with Gasteiger partial charge in [-0.1, -0.05) is 42.1 Å². The third kappa shape index (κ3) is 4.31. The zero-order chi connectivity index (χ0) is 24.5. The van der Waals surface area contributed by atoms with Gasteiger partial charge in [0.25, 0.3) is 0 Å². The van der Waals surface area contributed by atoms with Crippen LogP contribution in [0.25, 0.3) is 27.7 Å². The van der Waals surface area contributed by atoms with E-state index in [0.29, 0.717) is 9.54 Å². The summed E-state index contributed by atoms with van der Waals surface area (Å²) in [6.07, 6.45) is 4.67. The average molecular weight is 621 g/mol. The molecule has 2 unspecified atom stereocenters. The van der Waals surface area contributed by atoms with Gasteiger partial charge in [0.05, 0.1) is 8.07 Å². The van der Waals surface area contributed by atoms with Crippen LogP contribution in [0.2, 0.25) is 13.1 Å². The summed E-state index contributed by atoms with van der Waals surface area (Å²) < 4.78 is 3.07. The van der Waals surface area contributed by atoms with Crippen LogP contribution in [-0.4, -0.2) is 12.6 Å². The number of hydrogen-bond acceptors (Lipinski definition) is 0. The van der Waals surface area contributed by atoms with Crippen molar-refractivity contribution in [2.45, 2.75) is 43.0 Å². The van der Waals surface area contributed by atoms with Crippen molar-refractivity contribution in [1.82, 2.24) is 4.57 Å². The van der Waals surface area contributed by atoms with E-state index in [-0.39, 0.29) is 24.8 Å². The van der Waals surface area contributed by atoms with Crippen molar-refractivity contribution in [2.75, 3.05) is 0 Å². The molecular weight excluding hydrogens is 589 g/mol. The van der Waals surface area contributed by atoms with E-state index in [1.54, 1.807) is 46.8 Å². The van der Waals surface area contributed by atoms with E-state index in [0.717, 1.165) is 5.54 Å². The second-order valence-electron chi connectivity index (χ2n) is 11.1. The predicted octanol–water partition coefficient (Wildman–Crippen LogP) is 2.64. The molecule has 2 aliphatic heterocycles. The number of nitrogens with zero attached hydrogens (tertiary/aromatic N) is 1. The largest absolute Gasteiger partial charge is 1.00 e. The van der Waals surface area contributed by atoms with Crippen molar-refractivity contribution in [1.29, 1.82) is 0 Å². The molecule has 1 nitrogen and oxygen atoms in total. The molecule has 1 aromatic heterocycles. The van der Waals surface area contributed by atoms with Crippen LogP contribution in [0.5, 0.6) is 0 Å². The van der Waals surface area contributed by atoms with E-state index < -0.39 is 8.07 Å². The minimum Gasteiger partial charge on any atom is -1.00 e. The Bertz CT molecular complexity index is 1530. The van der Waals surface area contributed by atoms with E-state index in [4.69, 9.17) is 0 Å². The van der Waals surface area contributed by atoms with Gasteiger partial charge in [-0.25, -0.2) is 0 Å². The van der Waals surface area contributed by atoms with Gasteiger partial charge < -0.3 is 29.4 Å². The van der Waals surface area contributed by atoms with Crippen molar-refractivity contribution in [3.05, 3.63) is 113 Å². The Labute approximate surface area is 249 Å². The summed E-state index contributed by atoms with van der Waals surface area (Å²) in [6, 6.07) is 26.3. The fourth-order valence-corrected chi connectivity index (χ4v) is 12.8. The molecule has 5 heteroatoms. The maximum absolute atomic E-state index is 2.51. The van der Waals surface area contributed by atoms with E-state index in [1.165, 1.54) is 33.2 Å². The Hall–Kier alpha value is -1.64. The van der Waals surface area contributed by atoms with Crippen molar-refractivity contribution in [3.63, 3.8) is 0 Å². The third-order valence-corrected chi connectivity index (χ3v) is 14.0. The normalized spacial score (nSPS) is 19.7. The number of hydrogen-bond donors (Lipinski definition) is 0. The van der Waals surface area contributed by atoms with E-state index in [1.807, 2.05) is 0 Å². The van der Waals surface area contributed by atoms with Crippen LogP contribution in [0.15, 0.2) is 90.1 Å². The maximum Gasteiger partial charge on any atom is 0.0950 e. The molecule has 3 heterocycles. The summed E-state index contributed by atoms with van der Waals surface area (Å²) in [5, 5.41) is 4.49. The first-order valence-corrected chi connectivity index (χ1v) is 17.2. The summed E-state index contributed by atoms with van der Waals surface area (Å²) in [7, 11) is -1.17. The van der Waals surface area contributed by atoms with Crippen LogP contribution in [0.3, 0.4) is 0 Å². The molecule has 37 heavy (non-hydrogen) atoms. The molecule has 0 fully saturated rings. The van der Waals surface area contributed by atoms with Crippen molar-refractivity contribution >= 4 is 30.1 Å². The second kappa shape index (κ2) is 10.5. The van der Waals surface area contributed by atoms with Crippen LogP contribution >= 0.6 is 0 Å². The Morgan fingerprint density at radius 2 is 1.54 bits per heavy atom. The first-order valence-electron chi connectivity index (χ1n) is 12.7. The fraction of sp³-hybridized carbons (Fsp3) is 0.250. The molecule has 4 aromatic rings. The molecule has 8 rings (SSSR count). The summed E-state index contributed by atoms with van der Waals surface area (Å²) in [4.78, 5) is 0. The van der Waals surface area contributed by atoms with Gasteiger partial charge in [0.1, 0.15) is 0 Å². The van der Waals surface area contributed by atoms with Gasteiger partial charge in [-0.2, -0.15) is 0 Å². The van der Waals surface area contributed by atoms with Crippen LogP contribution < -0.4 is 24.8 Å². The quantitative estimate of drug-likeness (QED) is 0.304. The van der Waals surface area contributed by atoms with Crippen molar-refractivity contribution < 1.29 is 49.5 Å². The van der Waals surface area contributed by atoms with Gasteiger partial charge in [0.15, 0.2) is 0 Å². The summed E-state index contributed by atoms with van der Waals surface area (Å²) in [6.45, 7) is 12.0. The minimum absolute atomic E-state index is 0. The molecule has 0 spiro atoms. The average Bonchev–Trinajstić information content (AvgIpc) is 3.55. The first-order chi connectivity index (χ1) is 16.8. The summed E-state index contributed by atoms with van der Waals surface area (Å²) in [5.74, 6) is 0.658. The Morgan fingerprint density at radius 1 is 0.865 bits per heavy atom. The Balaban J connectivity index is 0.000000164. The fourth-order valence-electron chi connectivity index (χ4n) is 6.79. The Kier molecular flexibility index (Phi) is 8.05. The number of aromatic nitrogens is 1. The molecule has 2 bridgehead atoms. The second-order valence-corrected chi connectivity index (χ2v) is 17.0. The molecule has 0 N–H and O–H groups in total. The SMILES string of the molecule is CC(C)C1=Cc2c(ccc3ccccc23)[CH]1[Zr+2].CC1=C2c3ccn(-c4ccccc4)c3C1[Si]2(C)C.[Cl-].[Cl-]. The predicted molar refractivity (Wildman–Crippen MR) is 148 cm³/mol. The molecule has 0 saturated carbocycles. The van der Waals surface area contributed by atoms with E-state index in [2.05, 4.69) is 124 Å². The molecule has 2 aliphatic carbocycles. The monoisotopic (exact) mass is 618 g/mol. The first kappa shape index (κ1) is 28.4. The molecular formula is C32H32Cl2NSiZr. The van der Waals surface area contributed by atoms with Crippen LogP contribution in [0, 0.1) is 5.92 Å². The standard InChI is InChI=1S/C16H17NSi.C16H15.2ClH.Zr/c1-11-15-13-9-10-17(12-7-5-4-6-8-12)14(13)16(11)18(15,2)3;1-11(2)14-9-13-8-7-12-5-3-4-6-15(12)16(13)10-14;;;/h4-10,16H,1-3H3;3-11H,1-2H3;2*1H;/q;;;;+2/p-2. The number of allylic oxidation sites excluding steroid dienone is 2. The molecule has 187 valence electrons. The van der Waals surface area contributed by atoms with E-state index >= 15 is 0 Å². The Morgan fingerprint density at radius 3 is 2.22 bits per heavy atom. The summed E-state index contributed by atoms with van der Waals surface area (Å²) >= 11 is 1.61. The van der Waals surface area contributed by atoms with Gasteiger partial charge in [0.2, 0.25) is 0 Å². The van der Waals surface area contributed by atoms with E-state index in [9.17, 15) is 0 Å². The van der Waals surface area contributed by atoms with Crippen molar-refractivity contribution in [2.24, 2.45) is 5.92 Å². The number of benzene rings is 3. The van der Waals surface area contributed by atoms with Gasteiger partial charge in [-0.15, -0.1) is 0 Å². The van der Waals surface area contributed by atoms with Gasteiger partial charge in [-0.05, 0) is 30.7 Å². The topological polar surface area (TPSA) is 4.93 Å².